The molecule has 4 atom stereocenters. The van der Waals surface area contributed by atoms with Crippen molar-refractivity contribution in [3.63, 3.8) is 0 Å². The van der Waals surface area contributed by atoms with E-state index < -0.39 is 8.07 Å². The van der Waals surface area contributed by atoms with Gasteiger partial charge in [0.15, 0.2) is 0 Å². The van der Waals surface area contributed by atoms with Gasteiger partial charge in [0, 0.05) is 55.4 Å². The molecule has 4 unspecified atom stereocenters. The molecule has 534 valence electrons. The molecule has 5 aliphatic heterocycles. The van der Waals surface area contributed by atoms with Gasteiger partial charge >= 0.3 is 0 Å². The summed E-state index contributed by atoms with van der Waals surface area (Å²) in [6, 6.07) is 25.2. The van der Waals surface area contributed by atoms with E-state index in [1.807, 2.05) is 42.3 Å². The van der Waals surface area contributed by atoms with Crippen molar-refractivity contribution in [1.82, 2.24) is 19.6 Å². The Morgan fingerprint density at radius 2 is 0.616 bits per heavy atom. The van der Waals surface area contributed by atoms with Crippen LogP contribution in [0.1, 0.15) is 269 Å². The van der Waals surface area contributed by atoms with Crippen molar-refractivity contribution in [3.05, 3.63) is 113 Å². The third-order valence-electron chi connectivity index (χ3n) is 22.6. The molecule has 11 heterocycles. The molecule has 0 bridgehead atoms. The van der Waals surface area contributed by atoms with Crippen LogP contribution in [0.25, 0.3) is 52.1 Å². The zero-order valence-corrected chi connectivity index (χ0v) is 67.5. The summed E-state index contributed by atoms with van der Waals surface area (Å²) in [7, 11) is -2.37. The molecule has 6 aromatic rings. The molecule has 0 aromatic carbocycles. The lowest BCUT2D eigenvalue weighted by atomic mass is 9.98. The van der Waals surface area contributed by atoms with Crippen molar-refractivity contribution in [3.8, 4) is 29.3 Å². The lowest BCUT2D eigenvalue weighted by molar-refractivity contribution is -0.124. The van der Waals surface area contributed by atoms with Crippen LogP contribution in [-0.4, -0.2) is 77.5 Å². The molecular formula is C84H114N4O4S6Si. The Bertz CT molecular complexity index is 3600. The van der Waals surface area contributed by atoms with E-state index in [0.29, 0.717) is 72.1 Å². The third-order valence-corrected chi connectivity index (χ3v) is 35.0. The van der Waals surface area contributed by atoms with E-state index in [4.69, 9.17) is 0 Å². The van der Waals surface area contributed by atoms with Crippen molar-refractivity contribution >= 4 is 133 Å². The first-order valence-electron chi connectivity index (χ1n) is 39.2. The Kier molecular flexibility index (Phi) is 27.1. The number of rotatable bonds is 44. The average Bonchev–Trinajstić information content (AvgIpc) is 1.56. The molecule has 11 rings (SSSR count). The SMILES string of the molecule is CCCCCCCC[Si]1(CCCCCCCC)c2cc(-c3ccc(C4=C5C(=O)N(CC(CC)CCCC)C(c6cccs6)=C5C(=O)N4CC(CC)CCCC)s3)sc2-c2sc(-c3ccc(C4=C5C(=O)N(CC(CC)CCCC)C(c6cccs6)=C5C(=O)N4CC(CC)CCCC)s3)cc21. The lowest BCUT2D eigenvalue weighted by Gasteiger charge is -2.29. The standard InChI is InChI=1S/C84H114N4O4S6Si/c1-11-21-27-29-31-33-49-99(50-34-32-30-28-22-12-2)69-51-67(61-43-45-65(95-61)77-73-71(81(89)87(77)55-59(19-9)39-25-15-5)75(63-41-35-47-93-63)85(83(73)91)53-57(17-7)37-23-13-3)97-79(69)80-70(99)52-68(98-80)62-44-46-66(96-62)78-74-72(82(90)88(78)56-60(20-10)40-26-16-6)76(64-42-36-48-94-64)86(84(74)92)54-58(18-8)38-24-14-4/h35-36,41-48,51-52,57-60H,11-34,37-40,49-50,53-56H2,1-10H3. The van der Waals surface area contributed by atoms with E-state index in [-0.39, 0.29) is 23.6 Å². The summed E-state index contributed by atoms with van der Waals surface area (Å²) in [5.74, 6) is 1.29. The van der Waals surface area contributed by atoms with Crippen LogP contribution >= 0.6 is 68.0 Å². The van der Waals surface area contributed by atoms with E-state index in [9.17, 15) is 0 Å². The molecule has 8 nitrogen and oxygen atoms in total. The normalized spacial score (nSPS) is 17.1. The van der Waals surface area contributed by atoms with E-state index in [0.717, 1.165) is 145 Å². The number of carbonyl (C=O) groups is 4. The fourth-order valence-electron chi connectivity index (χ4n) is 16.5. The molecular weight excluding hydrogens is 1350 g/mol. The second-order valence-electron chi connectivity index (χ2n) is 29.3. The highest BCUT2D eigenvalue weighted by Crippen LogP contribution is 2.55. The number of hydrogen-bond acceptors (Lipinski definition) is 10. The number of carbonyl (C=O) groups excluding carboxylic acids is 4. The van der Waals surface area contributed by atoms with Crippen LogP contribution in [0.5, 0.6) is 0 Å². The van der Waals surface area contributed by atoms with E-state index >= 15 is 19.2 Å². The molecule has 0 N–H and O–H groups in total. The molecule has 0 radical (unpaired) electrons. The fourth-order valence-corrected chi connectivity index (χ4v) is 29.8. The van der Waals surface area contributed by atoms with Gasteiger partial charge in [0.25, 0.3) is 23.6 Å². The molecule has 0 fully saturated rings. The lowest BCUT2D eigenvalue weighted by Crippen LogP contribution is -2.54. The average molecular weight is 1460 g/mol. The topological polar surface area (TPSA) is 81.2 Å². The molecule has 0 saturated heterocycles. The Morgan fingerprint density at radius 3 is 0.909 bits per heavy atom. The minimum Gasteiger partial charge on any atom is -0.306 e. The number of hydrogen-bond donors (Lipinski definition) is 0. The van der Waals surface area contributed by atoms with Crippen molar-refractivity contribution in [2.75, 3.05) is 26.2 Å². The van der Waals surface area contributed by atoms with Crippen molar-refractivity contribution in [2.45, 2.75) is 261 Å². The van der Waals surface area contributed by atoms with Gasteiger partial charge in [-0.2, -0.15) is 0 Å². The second-order valence-corrected chi connectivity index (χ2v) is 39.7. The summed E-state index contributed by atoms with van der Waals surface area (Å²) in [5.41, 5.74) is 5.72. The summed E-state index contributed by atoms with van der Waals surface area (Å²) >= 11 is 10.8. The van der Waals surface area contributed by atoms with Crippen LogP contribution in [0.4, 0.5) is 0 Å². The Morgan fingerprint density at radius 1 is 0.323 bits per heavy atom. The highest BCUT2D eigenvalue weighted by Gasteiger charge is 2.53. The molecule has 99 heavy (non-hydrogen) atoms. The molecule has 6 aromatic heterocycles. The van der Waals surface area contributed by atoms with E-state index in [1.54, 1.807) is 55.7 Å². The number of fused-ring (bicyclic) bond motifs is 5. The van der Waals surface area contributed by atoms with Gasteiger partial charge in [-0.1, -0.05) is 235 Å². The maximum atomic E-state index is 15.6. The predicted molar refractivity (Wildman–Crippen MR) is 432 cm³/mol. The maximum Gasteiger partial charge on any atom is 0.261 e. The first-order chi connectivity index (χ1) is 48.4. The van der Waals surface area contributed by atoms with Gasteiger partial charge in [0.2, 0.25) is 0 Å². The minimum absolute atomic E-state index is 0.0133. The largest absolute Gasteiger partial charge is 0.306 e. The molecule has 0 saturated carbocycles. The van der Waals surface area contributed by atoms with E-state index in [2.05, 4.69) is 141 Å². The van der Waals surface area contributed by atoms with Gasteiger partial charge in [-0.25, -0.2) is 0 Å². The monoisotopic (exact) mass is 1460 g/mol. The summed E-state index contributed by atoms with van der Waals surface area (Å²) in [6.07, 6.45) is 32.3. The second kappa shape index (κ2) is 35.6. The molecule has 0 spiro atoms. The summed E-state index contributed by atoms with van der Waals surface area (Å²) in [6.45, 7) is 25.1. The van der Waals surface area contributed by atoms with E-state index in [1.165, 1.54) is 118 Å². The van der Waals surface area contributed by atoms with Crippen molar-refractivity contribution in [2.24, 2.45) is 23.7 Å². The van der Waals surface area contributed by atoms with Gasteiger partial charge in [0.1, 0.15) is 8.07 Å². The molecule has 15 heteroatoms. The summed E-state index contributed by atoms with van der Waals surface area (Å²) < 4.78 is 0. The molecule has 5 aliphatic rings. The highest BCUT2D eigenvalue weighted by atomic mass is 32.1. The zero-order chi connectivity index (χ0) is 69.7. The Labute approximate surface area is 620 Å². The third kappa shape index (κ3) is 15.9. The zero-order valence-electron chi connectivity index (χ0n) is 61.7. The minimum atomic E-state index is -2.37. The first-order valence-corrected chi connectivity index (χ1v) is 46.6. The van der Waals surface area contributed by atoms with Gasteiger partial charge < -0.3 is 19.6 Å². The Hall–Kier alpha value is -4.74. The Balaban J connectivity index is 1.03. The summed E-state index contributed by atoms with van der Waals surface area (Å²) in [4.78, 5) is 82.5. The van der Waals surface area contributed by atoms with Gasteiger partial charge in [-0.05, 0) is 131 Å². The van der Waals surface area contributed by atoms with Crippen LogP contribution in [0.3, 0.4) is 0 Å². The summed E-state index contributed by atoms with van der Waals surface area (Å²) in [5, 5.41) is 7.43. The molecule has 0 aliphatic carbocycles. The van der Waals surface area contributed by atoms with Gasteiger partial charge in [0.05, 0.1) is 64.6 Å². The highest BCUT2D eigenvalue weighted by molar-refractivity contribution is 7.33. The quantitative estimate of drug-likeness (QED) is 0.0282. The number of amides is 4. The fraction of sp³-hybridized carbons (Fsp3) is 0.571. The number of unbranched alkanes of at least 4 members (excludes halogenated alkanes) is 14. The number of thiophene rings is 6. The van der Waals surface area contributed by atoms with Crippen LogP contribution in [0.15, 0.2) is 93.7 Å². The smallest absolute Gasteiger partial charge is 0.261 e. The van der Waals surface area contributed by atoms with Crippen LogP contribution in [-0.2, 0) is 19.2 Å². The van der Waals surface area contributed by atoms with Gasteiger partial charge in [-0.3, -0.25) is 19.2 Å². The molecule has 4 amide bonds. The van der Waals surface area contributed by atoms with Crippen LogP contribution in [0, 0.1) is 23.7 Å². The first kappa shape index (κ1) is 75.4. The van der Waals surface area contributed by atoms with Crippen molar-refractivity contribution < 1.29 is 19.2 Å². The van der Waals surface area contributed by atoms with Crippen molar-refractivity contribution in [1.29, 1.82) is 0 Å². The van der Waals surface area contributed by atoms with Gasteiger partial charge in [-0.15, -0.1) is 68.0 Å². The maximum absolute atomic E-state index is 15.6. The van der Waals surface area contributed by atoms with Crippen LogP contribution < -0.4 is 10.4 Å². The van der Waals surface area contributed by atoms with Crippen LogP contribution in [0.2, 0.25) is 12.1 Å². The predicted octanol–water partition coefficient (Wildman–Crippen LogP) is 24.1. The number of nitrogens with zero attached hydrogens (tertiary/aromatic N) is 4.